The van der Waals surface area contributed by atoms with Crippen LogP contribution in [0.25, 0.3) is 0 Å². The first-order valence-corrected chi connectivity index (χ1v) is 10.7. The number of amides is 2. The lowest BCUT2D eigenvalue weighted by Crippen LogP contribution is -2.24. The zero-order valence-electron chi connectivity index (χ0n) is 17.6. The molecule has 0 heterocycles. The van der Waals surface area contributed by atoms with Crippen molar-refractivity contribution in [2.45, 2.75) is 23.2 Å². The van der Waals surface area contributed by atoms with E-state index in [1.54, 1.807) is 31.2 Å². The fraction of sp³-hybridized carbons (Fsp3) is 0.130. The highest BCUT2D eigenvalue weighted by Gasteiger charge is 2.33. The Morgan fingerprint density at radius 3 is 2.15 bits per heavy atom. The molecule has 1 unspecified atom stereocenters. The maximum Gasteiger partial charge on any atom is 0.418 e. The van der Waals surface area contributed by atoms with Crippen LogP contribution in [0.2, 0.25) is 0 Å². The van der Waals surface area contributed by atoms with E-state index in [-0.39, 0.29) is 16.9 Å². The van der Waals surface area contributed by atoms with Crippen molar-refractivity contribution in [2.75, 3.05) is 10.6 Å². The largest absolute Gasteiger partial charge is 0.418 e. The van der Waals surface area contributed by atoms with E-state index in [1.807, 2.05) is 0 Å². The van der Waals surface area contributed by atoms with Crippen LogP contribution in [0.15, 0.2) is 77.7 Å². The van der Waals surface area contributed by atoms with Gasteiger partial charge in [-0.25, -0.2) is 0 Å². The number of para-hydroxylation sites is 1. The van der Waals surface area contributed by atoms with E-state index in [2.05, 4.69) is 10.6 Å². The van der Waals surface area contributed by atoms with E-state index in [4.69, 9.17) is 0 Å². The first-order valence-electron chi connectivity index (χ1n) is 9.84. The molecule has 3 aromatic rings. The molecule has 34 heavy (non-hydrogen) atoms. The number of hydrogen-bond donors (Lipinski definition) is 2. The number of alkyl halides is 3. The molecule has 3 aromatic carbocycles. The van der Waals surface area contributed by atoms with Crippen LogP contribution in [0, 0.1) is 10.1 Å². The lowest BCUT2D eigenvalue weighted by molar-refractivity contribution is -0.384. The fourth-order valence-corrected chi connectivity index (χ4v) is 3.75. The third kappa shape index (κ3) is 6.35. The molecule has 0 aromatic heterocycles. The SMILES string of the molecule is CC(Sc1ccc(NC(=O)c2ccc([N+](=O)[O-])cc2)cc1)C(=O)Nc1ccccc1C(F)(F)F. The Hall–Kier alpha value is -3.86. The second kappa shape index (κ2) is 10.4. The minimum absolute atomic E-state index is 0.127. The van der Waals surface area contributed by atoms with Gasteiger partial charge in [0.2, 0.25) is 5.91 Å². The maximum absolute atomic E-state index is 13.1. The normalized spacial score (nSPS) is 12.0. The van der Waals surface area contributed by atoms with Gasteiger partial charge in [0.25, 0.3) is 11.6 Å². The first-order chi connectivity index (χ1) is 16.0. The number of nitrogens with one attached hydrogen (secondary N) is 2. The average Bonchev–Trinajstić information content (AvgIpc) is 2.80. The molecule has 2 amide bonds. The Morgan fingerprint density at radius 2 is 1.56 bits per heavy atom. The number of halogens is 3. The van der Waals surface area contributed by atoms with Crippen LogP contribution in [0.3, 0.4) is 0 Å². The number of carbonyl (C=O) groups excluding carboxylic acids is 2. The molecule has 0 aliphatic rings. The average molecular weight is 489 g/mol. The van der Waals surface area contributed by atoms with Gasteiger partial charge in [0, 0.05) is 28.3 Å². The summed E-state index contributed by atoms with van der Waals surface area (Å²) in [5.74, 6) is -1.04. The number of rotatable bonds is 7. The van der Waals surface area contributed by atoms with Crippen molar-refractivity contribution in [2.24, 2.45) is 0 Å². The summed E-state index contributed by atoms with van der Waals surface area (Å²) in [6.07, 6.45) is -4.59. The second-order valence-corrected chi connectivity index (χ2v) is 8.49. The Balaban J connectivity index is 1.59. The molecule has 0 bridgehead atoms. The van der Waals surface area contributed by atoms with Crippen LogP contribution >= 0.6 is 11.8 Å². The van der Waals surface area contributed by atoms with E-state index in [9.17, 15) is 32.9 Å². The van der Waals surface area contributed by atoms with Gasteiger partial charge in [0.15, 0.2) is 0 Å². The highest BCUT2D eigenvalue weighted by Crippen LogP contribution is 2.35. The van der Waals surface area contributed by atoms with Crippen molar-refractivity contribution in [1.82, 2.24) is 0 Å². The van der Waals surface area contributed by atoms with E-state index >= 15 is 0 Å². The molecule has 0 saturated heterocycles. The highest BCUT2D eigenvalue weighted by molar-refractivity contribution is 8.00. The smallest absolute Gasteiger partial charge is 0.325 e. The zero-order chi connectivity index (χ0) is 24.9. The standard InChI is InChI=1S/C23H18F3N3O4S/c1-14(21(30)28-20-5-3-2-4-19(20)23(24,25)26)34-18-12-8-16(9-13-18)27-22(31)15-6-10-17(11-7-15)29(32)33/h2-14H,1H3,(H,27,31)(H,28,30). The van der Waals surface area contributed by atoms with Crippen LogP contribution in [-0.4, -0.2) is 22.0 Å². The van der Waals surface area contributed by atoms with E-state index < -0.39 is 33.7 Å². The third-order valence-corrected chi connectivity index (χ3v) is 5.74. The summed E-state index contributed by atoms with van der Waals surface area (Å²) in [6, 6.07) is 16.4. The topological polar surface area (TPSA) is 101 Å². The van der Waals surface area contributed by atoms with Crippen molar-refractivity contribution in [3.05, 3.63) is 94.0 Å². The molecule has 0 saturated carbocycles. The molecule has 1 atom stereocenters. The molecule has 0 spiro atoms. The van der Waals surface area contributed by atoms with Crippen molar-refractivity contribution in [1.29, 1.82) is 0 Å². The van der Waals surface area contributed by atoms with E-state index in [1.165, 1.54) is 42.5 Å². The van der Waals surface area contributed by atoms with Gasteiger partial charge in [0.1, 0.15) is 0 Å². The van der Waals surface area contributed by atoms with Gasteiger partial charge in [-0.05, 0) is 55.5 Å². The molecule has 3 rings (SSSR count). The second-order valence-electron chi connectivity index (χ2n) is 7.08. The summed E-state index contributed by atoms with van der Waals surface area (Å²) in [7, 11) is 0. The Bertz CT molecular complexity index is 1200. The predicted molar refractivity (Wildman–Crippen MR) is 123 cm³/mol. The summed E-state index contributed by atoms with van der Waals surface area (Å²) in [5.41, 5.74) is -0.652. The number of anilines is 2. The minimum atomic E-state index is -4.59. The molecular formula is C23H18F3N3O4S. The van der Waals surface area contributed by atoms with Gasteiger partial charge < -0.3 is 10.6 Å². The lowest BCUT2D eigenvalue weighted by Gasteiger charge is -2.16. The van der Waals surface area contributed by atoms with Crippen LogP contribution < -0.4 is 10.6 Å². The van der Waals surface area contributed by atoms with Crippen LogP contribution in [0.4, 0.5) is 30.2 Å². The number of nitro benzene ring substituents is 1. The number of thioether (sulfide) groups is 1. The molecule has 7 nitrogen and oxygen atoms in total. The van der Waals surface area contributed by atoms with E-state index in [0.717, 1.165) is 17.8 Å². The molecular weight excluding hydrogens is 471 g/mol. The van der Waals surface area contributed by atoms with E-state index in [0.29, 0.717) is 10.6 Å². The van der Waals surface area contributed by atoms with Gasteiger partial charge in [-0.15, -0.1) is 11.8 Å². The highest BCUT2D eigenvalue weighted by atomic mass is 32.2. The Morgan fingerprint density at radius 1 is 0.941 bits per heavy atom. The van der Waals surface area contributed by atoms with Gasteiger partial charge >= 0.3 is 6.18 Å². The minimum Gasteiger partial charge on any atom is -0.325 e. The molecule has 0 radical (unpaired) electrons. The maximum atomic E-state index is 13.1. The molecule has 11 heteroatoms. The van der Waals surface area contributed by atoms with Crippen LogP contribution in [0.5, 0.6) is 0 Å². The number of nitrogens with zero attached hydrogens (tertiary/aromatic N) is 1. The Kier molecular flexibility index (Phi) is 7.57. The predicted octanol–water partition coefficient (Wildman–Crippen LogP) is 5.99. The molecule has 0 fully saturated rings. The number of nitro groups is 1. The van der Waals surface area contributed by atoms with Crippen LogP contribution in [-0.2, 0) is 11.0 Å². The van der Waals surface area contributed by atoms with Gasteiger partial charge in [-0.1, -0.05) is 12.1 Å². The summed E-state index contributed by atoms with van der Waals surface area (Å²) in [5, 5.41) is 15.0. The van der Waals surface area contributed by atoms with Crippen molar-refractivity contribution >= 4 is 40.6 Å². The van der Waals surface area contributed by atoms with Crippen molar-refractivity contribution in [3.8, 4) is 0 Å². The van der Waals surface area contributed by atoms with Gasteiger partial charge in [-0.2, -0.15) is 13.2 Å². The molecule has 0 aliphatic carbocycles. The lowest BCUT2D eigenvalue weighted by atomic mass is 10.1. The number of hydrogen-bond acceptors (Lipinski definition) is 5. The number of non-ortho nitro benzene ring substituents is 1. The van der Waals surface area contributed by atoms with Crippen LogP contribution in [0.1, 0.15) is 22.8 Å². The number of carbonyl (C=O) groups is 2. The van der Waals surface area contributed by atoms with Crippen molar-refractivity contribution in [3.63, 3.8) is 0 Å². The molecule has 2 N–H and O–H groups in total. The summed E-state index contributed by atoms with van der Waals surface area (Å²) < 4.78 is 39.4. The summed E-state index contributed by atoms with van der Waals surface area (Å²) in [4.78, 5) is 35.5. The summed E-state index contributed by atoms with van der Waals surface area (Å²) >= 11 is 1.14. The third-order valence-electron chi connectivity index (χ3n) is 4.62. The first kappa shape index (κ1) is 24.8. The monoisotopic (exact) mass is 489 g/mol. The van der Waals surface area contributed by atoms with Crippen molar-refractivity contribution < 1.29 is 27.7 Å². The Labute approximate surface area is 196 Å². The summed E-state index contributed by atoms with van der Waals surface area (Å²) in [6.45, 7) is 1.57. The fourth-order valence-electron chi connectivity index (χ4n) is 2.89. The zero-order valence-corrected chi connectivity index (χ0v) is 18.4. The molecule has 0 aliphatic heterocycles. The molecule has 176 valence electrons. The van der Waals surface area contributed by atoms with Gasteiger partial charge in [-0.3, -0.25) is 19.7 Å². The van der Waals surface area contributed by atoms with Gasteiger partial charge in [0.05, 0.1) is 21.4 Å². The number of benzene rings is 3. The quantitative estimate of drug-likeness (QED) is 0.241.